The third-order valence-corrected chi connectivity index (χ3v) is 5.52. The van der Waals surface area contributed by atoms with Gasteiger partial charge in [-0.1, -0.05) is 0 Å². The van der Waals surface area contributed by atoms with Crippen molar-refractivity contribution in [1.29, 1.82) is 0 Å². The largest absolute Gasteiger partial charge is 0.348 e. The van der Waals surface area contributed by atoms with Crippen LogP contribution in [0, 0.1) is 5.92 Å². The van der Waals surface area contributed by atoms with Gasteiger partial charge in [-0.15, -0.1) is 11.8 Å². The van der Waals surface area contributed by atoms with E-state index in [1.165, 1.54) is 12.8 Å². The number of thioether (sulfide) groups is 1. The van der Waals surface area contributed by atoms with Crippen LogP contribution < -0.4 is 11.1 Å². The lowest BCUT2D eigenvalue weighted by molar-refractivity contribution is -0.125. The summed E-state index contributed by atoms with van der Waals surface area (Å²) in [6.45, 7) is 4.69. The molecule has 0 aromatic heterocycles. The van der Waals surface area contributed by atoms with Gasteiger partial charge < -0.3 is 11.1 Å². The minimum Gasteiger partial charge on any atom is -0.348 e. The van der Waals surface area contributed by atoms with Gasteiger partial charge in [-0.2, -0.15) is 0 Å². The van der Waals surface area contributed by atoms with Crippen LogP contribution in [0.3, 0.4) is 0 Å². The van der Waals surface area contributed by atoms with Crippen molar-refractivity contribution < 1.29 is 4.79 Å². The van der Waals surface area contributed by atoms with Crippen molar-refractivity contribution >= 4 is 17.7 Å². The first-order valence-corrected chi connectivity index (χ1v) is 7.15. The second-order valence-electron chi connectivity index (χ2n) is 5.53. The number of rotatable bonds is 4. The zero-order valence-corrected chi connectivity index (χ0v) is 11.0. The molecule has 1 amide bonds. The van der Waals surface area contributed by atoms with Crippen LogP contribution >= 0.6 is 11.8 Å². The molecule has 3 N–H and O–H groups in total. The van der Waals surface area contributed by atoms with Gasteiger partial charge in [0.05, 0.1) is 10.3 Å². The normalized spacial score (nSPS) is 33.4. The molecule has 0 bridgehead atoms. The predicted octanol–water partition coefficient (Wildman–Crippen LogP) is 1.52. The van der Waals surface area contributed by atoms with E-state index in [-0.39, 0.29) is 16.2 Å². The zero-order valence-electron chi connectivity index (χ0n) is 10.2. The Morgan fingerprint density at radius 2 is 2.31 bits per heavy atom. The van der Waals surface area contributed by atoms with E-state index in [1.54, 1.807) is 11.8 Å². The van der Waals surface area contributed by atoms with Crippen LogP contribution in [0.2, 0.25) is 0 Å². The highest BCUT2D eigenvalue weighted by atomic mass is 32.2. The molecule has 2 rings (SSSR count). The molecule has 3 nitrogen and oxygen atoms in total. The summed E-state index contributed by atoms with van der Waals surface area (Å²) in [4.78, 5) is 12.3. The number of amides is 1. The molecular weight excluding hydrogens is 220 g/mol. The van der Waals surface area contributed by atoms with Gasteiger partial charge in [-0.25, -0.2) is 0 Å². The number of nitrogens with two attached hydrogens (primary N) is 1. The molecule has 0 radical (unpaired) electrons. The third-order valence-electron chi connectivity index (χ3n) is 4.00. The number of hydrogen-bond acceptors (Lipinski definition) is 3. The van der Waals surface area contributed by atoms with Crippen LogP contribution in [0.5, 0.6) is 0 Å². The monoisotopic (exact) mass is 242 g/mol. The van der Waals surface area contributed by atoms with Crippen molar-refractivity contribution in [2.24, 2.45) is 11.7 Å². The molecule has 2 aliphatic rings. The van der Waals surface area contributed by atoms with E-state index >= 15 is 0 Å². The van der Waals surface area contributed by atoms with Crippen LogP contribution in [0.15, 0.2) is 0 Å². The highest BCUT2D eigenvalue weighted by Crippen LogP contribution is 2.42. The van der Waals surface area contributed by atoms with Gasteiger partial charge in [0.25, 0.3) is 0 Å². The van der Waals surface area contributed by atoms with Gasteiger partial charge >= 0.3 is 0 Å². The van der Waals surface area contributed by atoms with Crippen LogP contribution in [-0.2, 0) is 4.79 Å². The number of hydrogen-bond donors (Lipinski definition) is 2. The highest BCUT2D eigenvalue weighted by molar-refractivity contribution is 8.01. The van der Waals surface area contributed by atoms with E-state index in [9.17, 15) is 4.79 Å². The molecule has 0 spiro atoms. The van der Waals surface area contributed by atoms with Gasteiger partial charge in [0.15, 0.2) is 0 Å². The lowest BCUT2D eigenvalue weighted by Crippen LogP contribution is -2.57. The van der Waals surface area contributed by atoms with Crippen LogP contribution in [-0.4, -0.2) is 28.5 Å². The Morgan fingerprint density at radius 1 is 1.62 bits per heavy atom. The van der Waals surface area contributed by atoms with E-state index in [2.05, 4.69) is 19.2 Å². The Hall–Kier alpha value is -0.220. The lowest BCUT2D eigenvalue weighted by atomic mass is 9.94. The molecule has 2 fully saturated rings. The molecule has 0 aromatic carbocycles. The second kappa shape index (κ2) is 4.22. The molecule has 1 saturated heterocycles. The minimum atomic E-state index is -0.217. The van der Waals surface area contributed by atoms with E-state index in [0.717, 1.165) is 18.6 Å². The summed E-state index contributed by atoms with van der Waals surface area (Å²) in [6, 6.07) is 0. The first-order valence-electron chi connectivity index (χ1n) is 6.17. The number of nitrogens with one attached hydrogen (secondary N) is 1. The van der Waals surface area contributed by atoms with E-state index < -0.39 is 0 Å². The summed E-state index contributed by atoms with van der Waals surface area (Å²) in [6.07, 6.45) is 4.56. The fourth-order valence-electron chi connectivity index (χ4n) is 2.39. The van der Waals surface area contributed by atoms with Gasteiger partial charge in [-0.3, -0.25) is 4.79 Å². The lowest BCUT2D eigenvalue weighted by Gasteiger charge is -2.33. The second-order valence-corrected chi connectivity index (χ2v) is 7.13. The summed E-state index contributed by atoms with van der Waals surface area (Å²) in [5.41, 5.74) is 5.64. The van der Waals surface area contributed by atoms with Crippen molar-refractivity contribution in [1.82, 2.24) is 5.32 Å². The fraction of sp³-hybridized carbons (Fsp3) is 0.917. The van der Waals surface area contributed by atoms with Crippen molar-refractivity contribution in [2.75, 3.05) is 12.3 Å². The van der Waals surface area contributed by atoms with Crippen LogP contribution in [0.25, 0.3) is 0 Å². The molecule has 4 heteroatoms. The maximum absolute atomic E-state index is 12.3. The smallest absolute Gasteiger partial charge is 0.236 e. The SMILES string of the molecule is CC1(C(=O)NC(C)(CN)C2CC2)CCCS1. The quantitative estimate of drug-likeness (QED) is 0.786. The fourth-order valence-corrected chi connectivity index (χ4v) is 3.60. The Morgan fingerprint density at radius 3 is 2.75 bits per heavy atom. The maximum Gasteiger partial charge on any atom is 0.236 e. The highest BCUT2D eigenvalue weighted by Gasteiger charge is 2.45. The molecule has 1 aliphatic carbocycles. The van der Waals surface area contributed by atoms with Gasteiger partial charge in [0, 0.05) is 6.54 Å². The standard InChI is InChI=1S/C12H22N2OS/c1-11(8-13,9-4-5-9)14-10(15)12(2)6-3-7-16-12/h9H,3-8,13H2,1-2H3,(H,14,15). The average Bonchev–Trinajstić information content (AvgIpc) is 3.02. The Kier molecular flexibility index (Phi) is 3.23. The first-order chi connectivity index (χ1) is 7.50. The van der Waals surface area contributed by atoms with E-state index in [0.29, 0.717) is 12.5 Å². The molecule has 1 heterocycles. The molecular formula is C12H22N2OS. The number of carbonyl (C=O) groups excluding carboxylic acids is 1. The van der Waals surface area contributed by atoms with Gasteiger partial charge in [-0.05, 0) is 51.2 Å². The summed E-state index contributed by atoms with van der Waals surface area (Å²) < 4.78 is -0.217. The van der Waals surface area contributed by atoms with Gasteiger partial charge in [0.2, 0.25) is 5.91 Å². The molecule has 2 atom stereocenters. The van der Waals surface area contributed by atoms with Crippen molar-refractivity contribution in [3.05, 3.63) is 0 Å². The van der Waals surface area contributed by atoms with Crippen molar-refractivity contribution in [3.8, 4) is 0 Å². The van der Waals surface area contributed by atoms with Gasteiger partial charge in [0.1, 0.15) is 0 Å². The summed E-state index contributed by atoms with van der Waals surface area (Å²) >= 11 is 1.78. The summed E-state index contributed by atoms with van der Waals surface area (Å²) in [7, 11) is 0. The third kappa shape index (κ3) is 2.23. The van der Waals surface area contributed by atoms with E-state index in [1.807, 2.05) is 0 Å². The molecule has 16 heavy (non-hydrogen) atoms. The molecule has 92 valence electrons. The average molecular weight is 242 g/mol. The summed E-state index contributed by atoms with van der Waals surface area (Å²) in [5, 5.41) is 3.20. The molecule has 2 unspecified atom stereocenters. The van der Waals surface area contributed by atoms with Crippen molar-refractivity contribution in [3.63, 3.8) is 0 Å². The number of carbonyl (C=O) groups is 1. The van der Waals surface area contributed by atoms with Crippen LogP contribution in [0.4, 0.5) is 0 Å². The summed E-state index contributed by atoms with van der Waals surface area (Å²) in [5.74, 6) is 1.89. The molecule has 1 saturated carbocycles. The Labute approximate surface area is 102 Å². The Bertz CT molecular complexity index is 285. The zero-order chi connectivity index (χ0) is 11.8. The first kappa shape index (κ1) is 12.2. The van der Waals surface area contributed by atoms with E-state index in [4.69, 9.17) is 5.73 Å². The maximum atomic E-state index is 12.3. The molecule has 0 aromatic rings. The topological polar surface area (TPSA) is 55.1 Å². The minimum absolute atomic E-state index is 0.177. The molecule has 1 aliphatic heterocycles. The van der Waals surface area contributed by atoms with Crippen molar-refractivity contribution in [2.45, 2.75) is 49.8 Å². The Balaban J connectivity index is 2.00. The predicted molar refractivity (Wildman–Crippen MR) is 68.4 cm³/mol. The van der Waals surface area contributed by atoms with Crippen LogP contribution in [0.1, 0.15) is 39.5 Å².